The first kappa shape index (κ1) is 29.9. The van der Waals surface area contributed by atoms with Crippen molar-refractivity contribution in [2.75, 3.05) is 53.3 Å². The van der Waals surface area contributed by atoms with Crippen molar-refractivity contribution < 1.29 is 23.8 Å². The maximum Gasteiger partial charge on any atom is 0.263 e. The van der Waals surface area contributed by atoms with Gasteiger partial charge in [0.1, 0.15) is 17.1 Å². The van der Waals surface area contributed by atoms with Crippen LogP contribution in [0.25, 0.3) is 22.4 Å². The highest BCUT2D eigenvalue weighted by atomic mass is 16.5. The maximum atomic E-state index is 14.0. The first-order valence-corrected chi connectivity index (χ1v) is 14.4. The van der Waals surface area contributed by atoms with Crippen LogP contribution in [0.15, 0.2) is 48.5 Å². The van der Waals surface area contributed by atoms with Gasteiger partial charge in [-0.2, -0.15) is 0 Å². The number of nitrogens with zero attached hydrogens (tertiary/aromatic N) is 2. The van der Waals surface area contributed by atoms with E-state index in [1.807, 2.05) is 69.4 Å². The molecule has 226 valence electrons. The Morgan fingerprint density at radius 3 is 2.40 bits per heavy atom. The lowest BCUT2D eigenvalue weighted by molar-refractivity contribution is -0.134. The fourth-order valence-corrected chi connectivity index (χ4v) is 5.68. The molecule has 5 rings (SSSR count). The van der Waals surface area contributed by atoms with Crippen molar-refractivity contribution >= 4 is 28.5 Å². The maximum absolute atomic E-state index is 14.0. The Morgan fingerprint density at radius 2 is 1.67 bits per heavy atom. The van der Waals surface area contributed by atoms with Gasteiger partial charge in [-0.1, -0.05) is 18.2 Å². The molecule has 0 fully saturated rings. The number of hydrogen-bond donors (Lipinski definition) is 3. The normalized spacial score (nSPS) is 14.1. The second-order valence-corrected chi connectivity index (χ2v) is 11.0. The van der Waals surface area contributed by atoms with Crippen LogP contribution in [0.3, 0.4) is 0 Å². The number of imide groups is 1. The third kappa shape index (κ3) is 5.50. The summed E-state index contributed by atoms with van der Waals surface area (Å²) >= 11 is 0. The molecule has 0 saturated heterocycles. The number of anilines is 1. The molecule has 0 radical (unpaired) electrons. The summed E-state index contributed by atoms with van der Waals surface area (Å²) < 4.78 is 16.3. The van der Waals surface area contributed by atoms with Gasteiger partial charge in [-0.15, -0.1) is 0 Å². The Labute approximate surface area is 251 Å². The van der Waals surface area contributed by atoms with Crippen LogP contribution < -0.4 is 24.8 Å². The van der Waals surface area contributed by atoms with Gasteiger partial charge in [-0.25, -0.2) is 4.98 Å². The smallest absolute Gasteiger partial charge is 0.263 e. The number of aromatic nitrogens is 2. The molecule has 0 unspecified atom stereocenters. The number of aromatic amines is 1. The summed E-state index contributed by atoms with van der Waals surface area (Å²) in [6.07, 6.45) is 1.43. The molecule has 1 aromatic heterocycles. The zero-order chi connectivity index (χ0) is 30.7. The van der Waals surface area contributed by atoms with E-state index in [4.69, 9.17) is 19.2 Å². The van der Waals surface area contributed by atoms with Crippen LogP contribution in [0.2, 0.25) is 0 Å². The lowest BCUT2D eigenvalue weighted by atomic mass is 9.76. The predicted molar refractivity (Wildman–Crippen MR) is 167 cm³/mol. The van der Waals surface area contributed by atoms with Gasteiger partial charge in [0, 0.05) is 13.6 Å². The molecule has 0 atom stereocenters. The van der Waals surface area contributed by atoms with Gasteiger partial charge in [0.05, 0.1) is 49.1 Å². The molecule has 3 N–H and O–H groups in total. The molecule has 4 aromatic rings. The van der Waals surface area contributed by atoms with Crippen molar-refractivity contribution in [3.05, 3.63) is 65.2 Å². The van der Waals surface area contributed by atoms with E-state index in [1.54, 1.807) is 21.3 Å². The fourth-order valence-electron chi connectivity index (χ4n) is 5.68. The summed E-state index contributed by atoms with van der Waals surface area (Å²) in [4.78, 5) is 37.3. The lowest BCUT2D eigenvalue weighted by Crippen LogP contribution is -2.52. The topological polar surface area (TPSA) is 118 Å². The minimum Gasteiger partial charge on any atom is -0.496 e. The number of fused-ring (bicyclic) bond motifs is 3. The first-order chi connectivity index (χ1) is 20.7. The number of rotatable bonds is 12. The van der Waals surface area contributed by atoms with E-state index >= 15 is 0 Å². The predicted octanol–water partition coefficient (Wildman–Crippen LogP) is 4.78. The van der Waals surface area contributed by atoms with Crippen molar-refractivity contribution in [1.82, 2.24) is 20.2 Å². The average molecular weight is 586 g/mol. The molecule has 10 heteroatoms. The highest BCUT2D eigenvalue weighted by molar-refractivity contribution is 6.19. The van der Waals surface area contributed by atoms with Crippen molar-refractivity contribution in [3.8, 4) is 28.6 Å². The summed E-state index contributed by atoms with van der Waals surface area (Å²) in [5.74, 6) is 2.12. The van der Waals surface area contributed by atoms with Crippen LogP contribution in [0.1, 0.15) is 41.8 Å². The minimum atomic E-state index is -0.909. The number of methoxy groups -OCH3 is 3. The minimum absolute atomic E-state index is 0.211. The zero-order valence-electron chi connectivity index (χ0n) is 25.6. The molecule has 0 bridgehead atoms. The van der Waals surface area contributed by atoms with Crippen LogP contribution in [0.4, 0.5) is 5.69 Å². The Hall–Kier alpha value is -4.57. The Kier molecular flexibility index (Phi) is 8.59. The number of carbonyl (C=O) groups is 2. The summed E-state index contributed by atoms with van der Waals surface area (Å²) in [7, 11) is 6.67. The standard InChI is InChI=1S/C33H39N5O5/c1-33(2)22-19-23(34-3)28-29(37-30(36-28)21-10-7-8-11-24(21)41-4)27(22)31(39)38(32(33)40)17-9-15-35-16-14-20-12-13-25(42-5)26(18-20)43-6/h7-8,10-13,18-19,34-35H,9,14-17H2,1-6H3,(H,36,37). The monoisotopic (exact) mass is 585 g/mol. The molecule has 43 heavy (non-hydrogen) atoms. The van der Waals surface area contributed by atoms with Crippen LogP contribution >= 0.6 is 0 Å². The van der Waals surface area contributed by atoms with E-state index in [0.29, 0.717) is 64.7 Å². The van der Waals surface area contributed by atoms with Gasteiger partial charge in [-0.05, 0) is 81.2 Å². The lowest BCUT2D eigenvalue weighted by Gasteiger charge is -2.37. The Morgan fingerprint density at radius 1 is 0.930 bits per heavy atom. The third-order valence-corrected chi connectivity index (χ3v) is 8.09. The second-order valence-electron chi connectivity index (χ2n) is 11.0. The third-order valence-electron chi connectivity index (χ3n) is 8.09. The molecule has 2 amide bonds. The van der Waals surface area contributed by atoms with E-state index in [2.05, 4.69) is 15.6 Å². The highest BCUT2D eigenvalue weighted by Gasteiger charge is 2.46. The number of benzene rings is 3. The number of nitrogens with one attached hydrogen (secondary N) is 3. The first-order valence-electron chi connectivity index (χ1n) is 14.4. The number of ether oxygens (including phenoxy) is 3. The van der Waals surface area contributed by atoms with Gasteiger partial charge >= 0.3 is 0 Å². The van der Waals surface area contributed by atoms with E-state index in [9.17, 15) is 9.59 Å². The van der Waals surface area contributed by atoms with Crippen molar-refractivity contribution in [1.29, 1.82) is 0 Å². The fraction of sp³-hybridized carbons (Fsp3) is 0.364. The molecule has 0 spiro atoms. The van der Waals surface area contributed by atoms with Crippen molar-refractivity contribution in [2.45, 2.75) is 32.1 Å². The van der Waals surface area contributed by atoms with E-state index in [-0.39, 0.29) is 11.8 Å². The second kappa shape index (κ2) is 12.3. The van der Waals surface area contributed by atoms with Crippen molar-refractivity contribution in [2.24, 2.45) is 0 Å². The largest absolute Gasteiger partial charge is 0.496 e. The van der Waals surface area contributed by atoms with Gasteiger partial charge < -0.3 is 29.8 Å². The van der Waals surface area contributed by atoms with E-state index in [1.165, 1.54) is 4.90 Å². The summed E-state index contributed by atoms with van der Waals surface area (Å²) in [6, 6.07) is 15.4. The Bertz CT molecular complexity index is 1660. The molecular formula is C33H39N5O5. The quantitative estimate of drug-likeness (QED) is 0.161. The van der Waals surface area contributed by atoms with Crippen LogP contribution in [-0.4, -0.2) is 74.7 Å². The van der Waals surface area contributed by atoms with Crippen LogP contribution in [0.5, 0.6) is 17.2 Å². The number of H-pyrrole nitrogens is 1. The van der Waals surface area contributed by atoms with Crippen LogP contribution in [0, 0.1) is 0 Å². The molecule has 0 saturated carbocycles. The highest BCUT2D eigenvalue weighted by Crippen LogP contribution is 2.42. The van der Waals surface area contributed by atoms with E-state index < -0.39 is 5.41 Å². The number of para-hydroxylation sites is 1. The molecule has 1 aliphatic heterocycles. The van der Waals surface area contributed by atoms with Gasteiger partial charge in [-0.3, -0.25) is 14.5 Å². The SMILES string of the molecule is CNc1cc2c(c3nc(-c4ccccc4OC)[nH]c13)C(=O)N(CCCNCCc1ccc(OC)c(OC)c1)C(=O)C2(C)C. The van der Waals surface area contributed by atoms with Gasteiger partial charge in [0.25, 0.3) is 5.91 Å². The van der Waals surface area contributed by atoms with Gasteiger partial charge in [0.15, 0.2) is 11.5 Å². The molecule has 0 aliphatic carbocycles. The molecular weight excluding hydrogens is 546 g/mol. The summed E-state index contributed by atoms with van der Waals surface area (Å²) in [5, 5.41) is 6.64. The summed E-state index contributed by atoms with van der Waals surface area (Å²) in [6.45, 7) is 5.45. The Balaban J connectivity index is 1.34. The average Bonchev–Trinajstić information content (AvgIpc) is 3.47. The summed E-state index contributed by atoms with van der Waals surface area (Å²) in [5.41, 5.74) is 4.13. The number of carbonyl (C=O) groups excluding carboxylic acids is 2. The molecule has 10 nitrogen and oxygen atoms in total. The molecule has 3 aromatic carbocycles. The van der Waals surface area contributed by atoms with Crippen molar-refractivity contribution in [3.63, 3.8) is 0 Å². The number of hydrogen-bond acceptors (Lipinski definition) is 8. The molecule has 1 aliphatic rings. The van der Waals surface area contributed by atoms with E-state index in [0.717, 1.165) is 29.8 Å². The van der Waals surface area contributed by atoms with Crippen LogP contribution in [-0.2, 0) is 16.6 Å². The molecule has 2 heterocycles. The van der Waals surface area contributed by atoms with Gasteiger partial charge in [0.2, 0.25) is 5.91 Å². The zero-order valence-corrected chi connectivity index (χ0v) is 25.6. The number of imidazole rings is 1. The number of amides is 2.